The average Bonchev–Trinajstić information content (AvgIpc) is 2.56. The summed E-state index contributed by atoms with van der Waals surface area (Å²) in [5, 5.41) is 14.4. The van der Waals surface area contributed by atoms with Crippen LogP contribution in [0, 0.1) is 0 Å². The molecule has 4 nitrogen and oxygen atoms in total. The predicted molar refractivity (Wildman–Crippen MR) is 87.0 cm³/mol. The summed E-state index contributed by atoms with van der Waals surface area (Å²) in [6, 6.07) is 23.7. The highest BCUT2D eigenvalue weighted by Gasteiger charge is 1.97. The molecule has 4 heteroatoms. The van der Waals surface area contributed by atoms with Gasteiger partial charge in [-0.1, -0.05) is 54.6 Å². The van der Waals surface area contributed by atoms with Crippen LogP contribution < -0.4 is 5.43 Å². The van der Waals surface area contributed by atoms with Crippen molar-refractivity contribution in [1.29, 1.82) is 0 Å². The standard InChI is InChI=1S/C17H14N4/c1-2-9-15(10-3-1)20-18-13-19-21-17-12-6-8-14-7-4-5-11-16(14)17/h1-13,20H/b18-13+,21-19?. The van der Waals surface area contributed by atoms with Gasteiger partial charge in [0, 0.05) is 5.39 Å². The number of benzene rings is 3. The van der Waals surface area contributed by atoms with Gasteiger partial charge in [0.25, 0.3) is 0 Å². The van der Waals surface area contributed by atoms with Crippen LogP contribution in [0.3, 0.4) is 0 Å². The molecule has 102 valence electrons. The quantitative estimate of drug-likeness (QED) is 0.310. The molecule has 0 radical (unpaired) electrons. The number of hydrogen-bond acceptors (Lipinski definition) is 3. The van der Waals surface area contributed by atoms with Crippen LogP contribution in [-0.2, 0) is 0 Å². The first-order chi connectivity index (χ1) is 10.4. The maximum absolute atomic E-state index is 4.20. The lowest BCUT2D eigenvalue weighted by Gasteiger charge is -1.99. The van der Waals surface area contributed by atoms with Gasteiger partial charge in [-0.25, -0.2) is 0 Å². The fourth-order valence-corrected chi connectivity index (χ4v) is 2.03. The Bertz CT molecular complexity index is 774. The molecule has 0 bridgehead atoms. The molecule has 3 rings (SSSR count). The first kappa shape index (κ1) is 13.0. The fourth-order valence-electron chi connectivity index (χ4n) is 2.03. The summed E-state index contributed by atoms with van der Waals surface area (Å²) < 4.78 is 0. The molecule has 21 heavy (non-hydrogen) atoms. The minimum absolute atomic E-state index is 0.833. The summed E-state index contributed by atoms with van der Waals surface area (Å²) in [5.74, 6) is 0. The van der Waals surface area contributed by atoms with Crippen molar-refractivity contribution in [2.75, 3.05) is 5.43 Å². The highest BCUT2D eigenvalue weighted by molar-refractivity contribution is 5.92. The van der Waals surface area contributed by atoms with Crippen LogP contribution in [-0.4, -0.2) is 6.34 Å². The molecule has 3 aromatic rings. The predicted octanol–water partition coefficient (Wildman–Crippen LogP) is 4.98. The lowest BCUT2D eigenvalue weighted by atomic mass is 10.1. The van der Waals surface area contributed by atoms with E-state index in [-0.39, 0.29) is 0 Å². The van der Waals surface area contributed by atoms with Gasteiger partial charge in [0.1, 0.15) is 0 Å². The molecular weight excluding hydrogens is 260 g/mol. The first-order valence-corrected chi connectivity index (χ1v) is 6.65. The Hall–Kier alpha value is -3.01. The van der Waals surface area contributed by atoms with E-state index < -0.39 is 0 Å². The van der Waals surface area contributed by atoms with Crippen LogP contribution in [0.1, 0.15) is 0 Å². The van der Waals surface area contributed by atoms with Crippen molar-refractivity contribution in [1.82, 2.24) is 0 Å². The minimum Gasteiger partial charge on any atom is -0.277 e. The summed E-state index contributed by atoms with van der Waals surface area (Å²) in [6.07, 6.45) is 1.40. The van der Waals surface area contributed by atoms with Crippen LogP contribution in [0.4, 0.5) is 11.4 Å². The number of azo groups is 1. The third-order valence-corrected chi connectivity index (χ3v) is 3.01. The summed E-state index contributed by atoms with van der Waals surface area (Å²) >= 11 is 0. The van der Waals surface area contributed by atoms with Crippen LogP contribution in [0.5, 0.6) is 0 Å². The maximum atomic E-state index is 4.20. The Labute approximate surface area is 122 Å². The van der Waals surface area contributed by atoms with E-state index in [1.165, 1.54) is 6.34 Å². The first-order valence-electron chi connectivity index (χ1n) is 6.65. The molecule has 0 aromatic heterocycles. The number of rotatable bonds is 4. The van der Waals surface area contributed by atoms with Gasteiger partial charge in [0.15, 0.2) is 6.34 Å². The van der Waals surface area contributed by atoms with Crippen molar-refractivity contribution in [3.63, 3.8) is 0 Å². The Morgan fingerprint density at radius 1 is 0.762 bits per heavy atom. The number of nitrogens with zero attached hydrogens (tertiary/aromatic N) is 3. The molecule has 0 spiro atoms. The highest BCUT2D eigenvalue weighted by Crippen LogP contribution is 2.25. The van der Waals surface area contributed by atoms with E-state index in [9.17, 15) is 0 Å². The van der Waals surface area contributed by atoms with Gasteiger partial charge in [-0.05, 0) is 23.6 Å². The Morgan fingerprint density at radius 3 is 2.43 bits per heavy atom. The Balaban J connectivity index is 1.71. The molecule has 0 atom stereocenters. The second-order valence-electron chi connectivity index (χ2n) is 4.44. The molecule has 0 saturated carbocycles. The van der Waals surface area contributed by atoms with Gasteiger partial charge >= 0.3 is 0 Å². The van der Waals surface area contributed by atoms with Crippen LogP contribution >= 0.6 is 0 Å². The molecule has 0 unspecified atom stereocenters. The van der Waals surface area contributed by atoms with Gasteiger partial charge in [-0.2, -0.15) is 5.10 Å². The Kier molecular flexibility index (Phi) is 3.98. The monoisotopic (exact) mass is 274 g/mol. The van der Waals surface area contributed by atoms with E-state index in [0.717, 1.165) is 22.1 Å². The second kappa shape index (κ2) is 6.43. The van der Waals surface area contributed by atoms with E-state index in [1.807, 2.05) is 60.7 Å². The zero-order valence-corrected chi connectivity index (χ0v) is 11.3. The zero-order chi connectivity index (χ0) is 14.3. The average molecular weight is 274 g/mol. The van der Waals surface area contributed by atoms with Crippen molar-refractivity contribution < 1.29 is 0 Å². The highest BCUT2D eigenvalue weighted by atomic mass is 15.3. The number of hydrogen-bond donors (Lipinski definition) is 1. The zero-order valence-electron chi connectivity index (χ0n) is 11.3. The smallest absolute Gasteiger partial charge is 0.158 e. The maximum Gasteiger partial charge on any atom is 0.158 e. The molecule has 0 amide bonds. The van der Waals surface area contributed by atoms with E-state index in [1.54, 1.807) is 0 Å². The molecule has 0 aliphatic heterocycles. The molecular formula is C17H14N4. The van der Waals surface area contributed by atoms with Gasteiger partial charge < -0.3 is 0 Å². The summed E-state index contributed by atoms with van der Waals surface area (Å²) in [7, 11) is 0. The van der Waals surface area contributed by atoms with E-state index in [0.29, 0.717) is 0 Å². The van der Waals surface area contributed by atoms with E-state index >= 15 is 0 Å². The summed E-state index contributed by atoms with van der Waals surface area (Å²) in [6.45, 7) is 0. The van der Waals surface area contributed by atoms with Crippen molar-refractivity contribution in [2.24, 2.45) is 15.3 Å². The summed E-state index contributed by atoms with van der Waals surface area (Å²) in [5.41, 5.74) is 4.63. The van der Waals surface area contributed by atoms with Crippen LogP contribution in [0.2, 0.25) is 0 Å². The van der Waals surface area contributed by atoms with Crippen molar-refractivity contribution in [3.05, 3.63) is 72.8 Å². The third-order valence-electron chi connectivity index (χ3n) is 3.01. The molecule has 0 heterocycles. The number of anilines is 1. The number of nitrogens with one attached hydrogen (secondary N) is 1. The lowest BCUT2D eigenvalue weighted by molar-refractivity contribution is 1.27. The minimum atomic E-state index is 0.833. The van der Waals surface area contributed by atoms with E-state index in [4.69, 9.17) is 0 Å². The molecule has 0 aliphatic carbocycles. The molecule has 0 saturated heterocycles. The van der Waals surface area contributed by atoms with Crippen molar-refractivity contribution in [3.8, 4) is 0 Å². The van der Waals surface area contributed by atoms with Crippen molar-refractivity contribution >= 4 is 28.5 Å². The molecule has 0 fully saturated rings. The lowest BCUT2D eigenvalue weighted by Crippen LogP contribution is -1.86. The van der Waals surface area contributed by atoms with Crippen LogP contribution in [0.15, 0.2) is 88.1 Å². The van der Waals surface area contributed by atoms with Gasteiger partial charge in [-0.3, -0.25) is 5.43 Å². The second-order valence-corrected chi connectivity index (χ2v) is 4.44. The largest absolute Gasteiger partial charge is 0.277 e. The fraction of sp³-hybridized carbons (Fsp3) is 0. The Morgan fingerprint density at radius 2 is 1.52 bits per heavy atom. The number of fused-ring (bicyclic) bond motifs is 1. The number of hydrazone groups is 1. The SMILES string of the molecule is C(/N=Nc1cccc2ccccc12)=N\Nc1ccccc1. The molecule has 0 aliphatic rings. The van der Waals surface area contributed by atoms with Crippen LogP contribution in [0.25, 0.3) is 10.8 Å². The molecule has 1 N–H and O–H groups in total. The van der Waals surface area contributed by atoms with Crippen molar-refractivity contribution in [2.45, 2.75) is 0 Å². The van der Waals surface area contributed by atoms with E-state index in [2.05, 4.69) is 32.9 Å². The van der Waals surface area contributed by atoms with Gasteiger partial charge in [0.05, 0.1) is 11.4 Å². The summed E-state index contributed by atoms with van der Waals surface area (Å²) in [4.78, 5) is 0. The topological polar surface area (TPSA) is 49.1 Å². The normalized spacial score (nSPS) is 11.4. The van der Waals surface area contributed by atoms with Gasteiger partial charge in [0.2, 0.25) is 0 Å². The number of para-hydroxylation sites is 1. The third kappa shape index (κ3) is 3.30. The molecule has 3 aromatic carbocycles. The van der Waals surface area contributed by atoms with Gasteiger partial charge in [-0.15, -0.1) is 10.2 Å².